The summed E-state index contributed by atoms with van der Waals surface area (Å²) in [6.45, 7) is 14.8. The Morgan fingerprint density at radius 3 is 2.42 bits per heavy atom. The number of aliphatic hydroxyl groups excluding tert-OH is 1. The number of rotatable bonds is 7. The summed E-state index contributed by atoms with van der Waals surface area (Å²) >= 11 is 6.15. The summed E-state index contributed by atoms with van der Waals surface area (Å²) < 4.78 is 11.8. The van der Waals surface area contributed by atoms with Crippen LogP contribution in [0.3, 0.4) is 0 Å². The van der Waals surface area contributed by atoms with Gasteiger partial charge in [0.15, 0.2) is 0 Å². The molecule has 164 valence electrons. The average Bonchev–Trinajstić information content (AvgIpc) is 2.69. The third-order valence-electron chi connectivity index (χ3n) is 4.92. The first-order valence-electron chi connectivity index (χ1n) is 10.4. The van der Waals surface area contributed by atoms with Crippen molar-refractivity contribution in [2.24, 2.45) is 0 Å². The number of hydrogen-bond acceptors (Lipinski definition) is 4. The van der Waals surface area contributed by atoms with Crippen molar-refractivity contribution in [1.82, 2.24) is 4.98 Å². The largest absolute Gasteiger partial charge is 0.510 e. The minimum atomic E-state index is -0.682. The zero-order valence-electron chi connectivity index (χ0n) is 18.8. The van der Waals surface area contributed by atoms with E-state index in [1.807, 2.05) is 71.0 Å². The highest BCUT2D eigenvalue weighted by atomic mass is 35.5. The summed E-state index contributed by atoms with van der Waals surface area (Å²) in [5, 5.41) is 12.1. The van der Waals surface area contributed by atoms with Crippen LogP contribution in [0.4, 0.5) is 0 Å². The zero-order chi connectivity index (χ0) is 22.8. The highest BCUT2D eigenvalue weighted by Crippen LogP contribution is 2.42. The second-order valence-electron chi connectivity index (χ2n) is 8.60. The molecule has 0 aliphatic rings. The van der Waals surface area contributed by atoms with Crippen LogP contribution in [-0.4, -0.2) is 22.3 Å². The van der Waals surface area contributed by atoms with E-state index in [-0.39, 0.29) is 5.76 Å². The van der Waals surface area contributed by atoms with Crippen molar-refractivity contribution < 1.29 is 14.6 Å². The Balaban J connectivity index is 2.31. The van der Waals surface area contributed by atoms with E-state index >= 15 is 0 Å². The molecule has 1 heterocycles. The van der Waals surface area contributed by atoms with E-state index in [4.69, 9.17) is 26.1 Å². The molecule has 0 amide bonds. The Bertz CT molecular complexity index is 1080. The maximum Gasteiger partial charge on any atom is 0.140 e. The molecule has 0 saturated carbocycles. The molecule has 0 aliphatic carbocycles. The van der Waals surface area contributed by atoms with Crippen molar-refractivity contribution >= 4 is 22.5 Å². The van der Waals surface area contributed by atoms with Crippen LogP contribution in [0.15, 0.2) is 54.8 Å². The first kappa shape index (κ1) is 23.3. The van der Waals surface area contributed by atoms with Crippen LogP contribution in [0.25, 0.3) is 22.0 Å². The molecule has 0 bridgehead atoms. The molecule has 0 spiro atoms. The monoisotopic (exact) mass is 439 g/mol. The SMILES string of the molecule is C=C(O)[C@@H](OC(C)(C)C)c1c(C)cc2nc(COCC)ccc2c1-c1ccc(Cl)cc1. The van der Waals surface area contributed by atoms with Gasteiger partial charge in [-0.2, -0.15) is 0 Å². The van der Waals surface area contributed by atoms with Gasteiger partial charge in [-0.1, -0.05) is 36.4 Å². The van der Waals surface area contributed by atoms with E-state index in [2.05, 4.69) is 12.6 Å². The molecule has 1 aromatic heterocycles. The summed E-state index contributed by atoms with van der Waals surface area (Å²) in [4.78, 5) is 4.82. The Morgan fingerprint density at radius 1 is 1.16 bits per heavy atom. The van der Waals surface area contributed by atoms with Crippen molar-refractivity contribution in [3.05, 3.63) is 76.6 Å². The van der Waals surface area contributed by atoms with Crippen molar-refractivity contribution in [2.75, 3.05) is 6.61 Å². The van der Waals surface area contributed by atoms with Crippen LogP contribution in [-0.2, 0) is 16.1 Å². The molecular formula is C26H30ClNO3. The number of aromatic nitrogens is 1. The summed E-state index contributed by atoms with van der Waals surface area (Å²) in [5.41, 5.74) is 5.01. The van der Waals surface area contributed by atoms with E-state index in [0.717, 1.165) is 38.9 Å². The van der Waals surface area contributed by atoms with Crippen molar-refractivity contribution in [1.29, 1.82) is 0 Å². The molecule has 1 atom stereocenters. The van der Waals surface area contributed by atoms with Crippen LogP contribution in [0.1, 0.15) is 50.6 Å². The quantitative estimate of drug-likeness (QED) is 0.391. The van der Waals surface area contributed by atoms with E-state index in [9.17, 15) is 5.11 Å². The lowest BCUT2D eigenvalue weighted by Crippen LogP contribution is -2.24. The fourth-order valence-corrected chi connectivity index (χ4v) is 3.79. The fourth-order valence-electron chi connectivity index (χ4n) is 3.66. The Kier molecular flexibility index (Phi) is 7.05. The molecular weight excluding hydrogens is 410 g/mol. The predicted octanol–water partition coefficient (Wildman–Crippen LogP) is 7.33. The topological polar surface area (TPSA) is 51.6 Å². The Hall–Kier alpha value is -2.40. The molecule has 0 aliphatic heterocycles. The Labute approximate surface area is 189 Å². The highest BCUT2D eigenvalue weighted by Gasteiger charge is 2.28. The van der Waals surface area contributed by atoms with Gasteiger partial charge in [-0.05, 0) is 81.1 Å². The van der Waals surface area contributed by atoms with Crippen LogP contribution >= 0.6 is 11.6 Å². The minimum absolute atomic E-state index is 0.0338. The number of ether oxygens (including phenoxy) is 2. The first-order chi connectivity index (χ1) is 14.6. The average molecular weight is 440 g/mol. The number of fused-ring (bicyclic) bond motifs is 1. The number of halogens is 1. The third kappa shape index (κ3) is 5.45. The summed E-state index contributed by atoms with van der Waals surface area (Å²) in [6, 6.07) is 13.7. The molecule has 31 heavy (non-hydrogen) atoms. The lowest BCUT2D eigenvalue weighted by atomic mass is 9.88. The maximum atomic E-state index is 10.5. The maximum absolute atomic E-state index is 10.5. The van der Waals surface area contributed by atoms with Gasteiger partial charge >= 0.3 is 0 Å². The van der Waals surface area contributed by atoms with E-state index < -0.39 is 11.7 Å². The molecule has 1 N–H and O–H groups in total. The second kappa shape index (κ2) is 9.39. The predicted molar refractivity (Wildman–Crippen MR) is 128 cm³/mol. The third-order valence-corrected chi connectivity index (χ3v) is 5.17. The second-order valence-corrected chi connectivity index (χ2v) is 9.03. The number of aryl methyl sites for hydroxylation is 1. The smallest absolute Gasteiger partial charge is 0.140 e. The normalized spacial score (nSPS) is 12.8. The summed E-state index contributed by atoms with van der Waals surface area (Å²) in [6.07, 6.45) is -0.682. The van der Waals surface area contributed by atoms with E-state index in [1.54, 1.807) is 0 Å². The molecule has 5 heteroatoms. The lowest BCUT2D eigenvalue weighted by molar-refractivity contribution is -0.0594. The molecule has 0 saturated heterocycles. The highest BCUT2D eigenvalue weighted by molar-refractivity contribution is 6.30. The zero-order valence-corrected chi connectivity index (χ0v) is 19.6. The van der Waals surface area contributed by atoms with Crippen molar-refractivity contribution in [2.45, 2.75) is 52.9 Å². The van der Waals surface area contributed by atoms with Gasteiger partial charge < -0.3 is 14.6 Å². The first-order valence-corrected chi connectivity index (χ1v) is 10.8. The number of nitrogens with zero attached hydrogens (tertiary/aromatic N) is 1. The molecule has 4 nitrogen and oxygen atoms in total. The lowest BCUT2D eigenvalue weighted by Gasteiger charge is -2.30. The van der Waals surface area contributed by atoms with Crippen LogP contribution < -0.4 is 0 Å². The standard InChI is InChI=1S/C26H30ClNO3/c1-7-30-15-20-12-13-21-22(28-20)14-16(2)23(25(17(3)29)31-26(4,5)6)24(21)18-8-10-19(27)11-9-18/h8-14,25,29H,3,7,15H2,1-2,4-6H3/t25-/m1/s1. The number of pyridine rings is 1. The van der Waals surface area contributed by atoms with E-state index in [1.165, 1.54) is 0 Å². The van der Waals surface area contributed by atoms with Gasteiger partial charge in [0.05, 0.1) is 23.4 Å². The van der Waals surface area contributed by atoms with Gasteiger partial charge in [0.25, 0.3) is 0 Å². The number of hydrogen-bond donors (Lipinski definition) is 1. The van der Waals surface area contributed by atoms with Gasteiger partial charge in [0.2, 0.25) is 0 Å². The summed E-state index contributed by atoms with van der Waals surface area (Å²) in [5.74, 6) is -0.0338. The molecule has 0 radical (unpaired) electrons. The van der Waals surface area contributed by atoms with Crippen molar-refractivity contribution in [3.8, 4) is 11.1 Å². The summed E-state index contributed by atoms with van der Waals surface area (Å²) in [7, 11) is 0. The minimum Gasteiger partial charge on any atom is -0.510 e. The van der Waals surface area contributed by atoms with Gasteiger partial charge in [0.1, 0.15) is 11.9 Å². The van der Waals surface area contributed by atoms with Gasteiger partial charge in [-0.25, -0.2) is 0 Å². The molecule has 0 fully saturated rings. The fraction of sp³-hybridized carbons (Fsp3) is 0.346. The van der Waals surface area contributed by atoms with Crippen LogP contribution in [0, 0.1) is 6.92 Å². The molecule has 3 rings (SSSR count). The number of benzene rings is 2. The molecule has 3 aromatic rings. The number of aliphatic hydroxyl groups is 1. The van der Waals surface area contributed by atoms with Gasteiger partial charge in [-0.15, -0.1) is 0 Å². The Morgan fingerprint density at radius 2 is 1.84 bits per heavy atom. The molecule has 2 aromatic carbocycles. The van der Waals surface area contributed by atoms with Gasteiger partial charge in [0, 0.05) is 17.0 Å². The van der Waals surface area contributed by atoms with Crippen LogP contribution in [0.5, 0.6) is 0 Å². The molecule has 0 unspecified atom stereocenters. The van der Waals surface area contributed by atoms with Gasteiger partial charge in [-0.3, -0.25) is 4.98 Å². The van der Waals surface area contributed by atoms with Crippen LogP contribution in [0.2, 0.25) is 5.02 Å². The van der Waals surface area contributed by atoms with E-state index in [0.29, 0.717) is 18.2 Å². The van der Waals surface area contributed by atoms with Crippen molar-refractivity contribution in [3.63, 3.8) is 0 Å².